The zero-order valence-corrected chi connectivity index (χ0v) is 7.71. The molecule has 1 aromatic carbocycles. The number of hydrogen-bond donors (Lipinski definition) is 1. The third-order valence-corrected chi connectivity index (χ3v) is 3.68. The summed E-state index contributed by atoms with van der Waals surface area (Å²) in [5.74, 6) is 0.507. The fourth-order valence-corrected chi connectivity index (χ4v) is 2.56. The molecule has 1 fully saturated rings. The Labute approximate surface area is 78.4 Å². The first-order chi connectivity index (χ1) is 6.29. The smallest absolute Gasteiger partial charge is 0.119 e. The normalized spacial score (nSPS) is 22.8. The van der Waals surface area contributed by atoms with Crippen molar-refractivity contribution in [3.63, 3.8) is 0 Å². The van der Waals surface area contributed by atoms with Crippen LogP contribution < -0.4 is 0 Å². The Bertz CT molecular complexity index is 350. The van der Waals surface area contributed by atoms with Gasteiger partial charge in [-0.1, -0.05) is 12.1 Å². The van der Waals surface area contributed by atoms with Gasteiger partial charge in [0.15, 0.2) is 0 Å². The molecule has 0 heterocycles. The highest BCUT2D eigenvalue weighted by Gasteiger charge is 2.44. The molecule has 1 nitrogen and oxygen atoms in total. The first kappa shape index (κ1) is 7.43. The lowest BCUT2D eigenvalue weighted by atomic mass is 9.81. The van der Waals surface area contributed by atoms with Crippen LogP contribution in [0.25, 0.3) is 0 Å². The summed E-state index contributed by atoms with van der Waals surface area (Å²) in [6, 6.07) is 5.95. The van der Waals surface area contributed by atoms with E-state index >= 15 is 0 Å². The molecular formula is C12H14O. The van der Waals surface area contributed by atoms with Crippen LogP contribution in [0.15, 0.2) is 18.2 Å². The van der Waals surface area contributed by atoms with Gasteiger partial charge < -0.3 is 5.11 Å². The van der Waals surface area contributed by atoms with Gasteiger partial charge in [-0.15, -0.1) is 0 Å². The monoisotopic (exact) mass is 174 g/mol. The van der Waals surface area contributed by atoms with Gasteiger partial charge in [0.25, 0.3) is 0 Å². The van der Waals surface area contributed by atoms with Gasteiger partial charge >= 0.3 is 0 Å². The van der Waals surface area contributed by atoms with Crippen molar-refractivity contribution in [1.82, 2.24) is 0 Å². The zero-order valence-electron chi connectivity index (χ0n) is 7.71. The molecule has 2 aliphatic rings. The summed E-state index contributed by atoms with van der Waals surface area (Å²) in [5, 5.41) is 9.65. The van der Waals surface area contributed by atoms with Crippen molar-refractivity contribution in [2.75, 3.05) is 0 Å². The first-order valence-electron chi connectivity index (χ1n) is 5.09. The molecule has 3 rings (SSSR count). The predicted octanol–water partition coefficient (Wildman–Crippen LogP) is 2.66. The number of aromatic hydroxyl groups is 1. The van der Waals surface area contributed by atoms with E-state index in [1.807, 2.05) is 12.1 Å². The van der Waals surface area contributed by atoms with Gasteiger partial charge in [-0.05, 0) is 54.7 Å². The Morgan fingerprint density at radius 3 is 2.77 bits per heavy atom. The van der Waals surface area contributed by atoms with Crippen molar-refractivity contribution < 1.29 is 5.11 Å². The Morgan fingerprint density at radius 1 is 1.15 bits per heavy atom. The molecule has 0 bridgehead atoms. The lowest BCUT2D eigenvalue weighted by Gasteiger charge is -2.24. The van der Waals surface area contributed by atoms with E-state index in [1.165, 1.54) is 36.8 Å². The van der Waals surface area contributed by atoms with E-state index in [0.717, 1.165) is 6.42 Å². The van der Waals surface area contributed by atoms with Gasteiger partial charge in [-0.25, -0.2) is 0 Å². The number of phenolic OH excluding ortho intramolecular Hbond substituents is 1. The second-order valence-electron chi connectivity index (χ2n) is 4.59. The van der Waals surface area contributed by atoms with Crippen LogP contribution in [0.5, 0.6) is 5.75 Å². The summed E-state index contributed by atoms with van der Waals surface area (Å²) in [5.41, 5.74) is 3.25. The Morgan fingerprint density at radius 2 is 2.00 bits per heavy atom. The van der Waals surface area contributed by atoms with Crippen LogP contribution in [0.3, 0.4) is 0 Å². The highest BCUT2D eigenvalue weighted by Crippen LogP contribution is 2.55. The minimum absolute atomic E-state index is 0.507. The molecule has 0 saturated heterocycles. The Balaban J connectivity index is 2.05. The number of rotatable bonds is 0. The fourth-order valence-electron chi connectivity index (χ4n) is 2.56. The van der Waals surface area contributed by atoms with Gasteiger partial charge in [0.1, 0.15) is 5.75 Å². The largest absolute Gasteiger partial charge is 0.508 e. The van der Waals surface area contributed by atoms with Crippen LogP contribution in [-0.4, -0.2) is 5.11 Å². The molecule has 0 aromatic heterocycles. The van der Waals surface area contributed by atoms with Gasteiger partial charge in [0, 0.05) is 0 Å². The number of fused-ring (bicyclic) bond motifs is 1. The summed E-state index contributed by atoms with van der Waals surface area (Å²) >= 11 is 0. The predicted molar refractivity (Wildman–Crippen MR) is 51.8 cm³/mol. The maximum atomic E-state index is 9.65. The lowest BCUT2D eigenvalue weighted by Crippen LogP contribution is -2.14. The van der Waals surface area contributed by atoms with Gasteiger partial charge in [-0.2, -0.15) is 0 Å². The van der Waals surface area contributed by atoms with Crippen LogP contribution in [0.1, 0.15) is 30.4 Å². The molecule has 1 heteroatoms. The third-order valence-electron chi connectivity index (χ3n) is 3.68. The summed E-state index contributed by atoms with van der Waals surface area (Å²) in [4.78, 5) is 0. The van der Waals surface area contributed by atoms with E-state index in [-0.39, 0.29) is 0 Å². The maximum Gasteiger partial charge on any atom is 0.119 e. The van der Waals surface area contributed by atoms with Crippen molar-refractivity contribution in [2.24, 2.45) is 5.41 Å². The molecule has 1 saturated carbocycles. The highest BCUT2D eigenvalue weighted by molar-refractivity contribution is 5.42. The molecule has 0 atom stereocenters. The van der Waals surface area contributed by atoms with Crippen molar-refractivity contribution in [3.05, 3.63) is 29.3 Å². The van der Waals surface area contributed by atoms with Crippen LogP contribution in [0, 0.1) is 5.41 Å². The molecule has 1 N–H and O–H groups in total. The fraction of sp³-hybridized carbons (Fsp3) is 0.500. The molecule has 1 aromatic rings. The molecule has 2 aliphatic carbocycles. The van der Waals surface area contributed by atoms with E-state index in [0.29, 0.717) is 11.2 Å². The van der Waals surface area contributed by atoms with E-state index in [2.05, 4.69) is 6.07 Å². The van der Waals surface area contributed by atoms with E-state index < -0.39 is 0 Å². The van der Waals surface area contributed by atoms with Crippen molar-refractivity contribution in [2.45, 2.75) is 32.1 Å². The third kappa shape index (κ3) is 1.06. The number of benzene rings is 1. The van der Waals surface area contributed by atoms with Gasteiger partial charge in [0.05, 0.1) is 0 Å². The van der Waals surface area contributed by atoms with Gasteiger partial charge in [-0.3, -0.25) is 0 Å². The molecule has 0 unspecified atom stereocenters. The van der Waals surface area contributed by atoms with Crippen LogP contribution >= 0.6 is 0 Å². The lowest BCUT2D eigenvalue weighted by molar-refractivity contribution is 0.414. The topological polar surface area (TPSA) is 20.2 Å². The second kappa shape index (κ2) is 2.28. The average Bonchev–Trinajstić information content (AvgIpc) is 2.85. The summed E-state index contributed by atoms with van der Waals surface area (Å²) in [7, 11) is 0. The summed E-state index contributed by atoms with van der Waals surface area (Å²) < 4.78 is 0. The molecule has 0 radical (unpaired) electrons. The minimum Gasteiger partial charge on any atom is -0.508 e. The summed E-state index contributed by atoms with van der Waals surface area (Å²) in [6.45, 7) is 0. The minimum atomic E-state index is 0.507. The van der Waals surface area contributed by atoms with Crippen LogP contribution in [0.4, 0.5) is 0 Å². The quantitative estimate of drug-likeness (QED) is 0.641. The molecule has 68 valence electrons. The molecule has 13 heavy (non-hydrogen) atoms. The second-order valence-corrected chi connectivity index (χ2v) is 4.59. The van der Waals surface area contributed by atoms with Crippen molar-refractivity contribution in [3.8, 4) is 5.75 Å². The average molecular weight is 174 g/mol. The van der Waals surface area contributed by atoms with Crippen molar-refractivity contribution >= 4 is 0 Å². The summed E-state index contributed by atoms with van der Waals surface area (Å²) in [6.07, 6.45) is 6.39. The first-order valence-corrected chi connectivity index (χ1v) is 5.09. The molecular weight excluding hydrogens is 160 g/mol. The molecule has 1 spiro atoms. The van der Waals surface area contributed by atoms with E-state index in [1.54, 1.807) is 0 Å². The number of phenols is 1. The zero-order chi connectivity index (χ0) is 8.89. The SMILES string of the molecule is Oc1cccc2c1CCC1(CC1)C2. The Kier molecular flexibility index (Phi) is 1.30. The van der Waals surface area contributed by atoms with Crippen molar-refractivity contribution in [1.29, 1.82) is 0 Å². The van der Waals surface area contributed by atoms with Crippen LogP contribution in [-0.2, 0) is 12.8 Å². The van der Waals surface area contributed by atoms with Crippen LogP contribution in [0.2, 0.25) is 0 Å². The maximum absolute atomic E-state index is 9.65. The number of hydrogen-bond acceptors (Lipinski definition) is 1. The van der Waals surface area contributed by atoms with E-state index in [4.69, 9.17) is 0 Å². The highest BCUT2D eigenvalue weighted by atomic mass is 16.3. The van der Waals surface area contributed by atoms with Gasteiger partial charge in [0.2, 0.25) is 0 Å². The molecule has 0 aliphatic heterocycles. The Hall–Kier alpha value is -0.980. The standard InChI is InChI=1S/C12H14O/c13-11-3-1-2-9-8-12(6-7-12)5-4-10(9)11/h1-3,13H,4-8H2. The van der Waals surface area contributed by atoms with E-state index in [9.17, 15) is 5.11 Å². The molecule has 0 amide bonds.